The minimum absolute atomic E-state index is 0.0451. The van der Waals surface area contributed by atoms with Gasteiger partial charge in [0.25, 0.3) is 5.91 Å². The van der Waals surface area contributed by atoms with E-state index in [9.17, 15) is 14.4 Å². The molecule has 4 N–H and O–H groups in total. The van der Waals surface area contributed by atoms with Crippen LogP contribution in [0.5, 0.6) is 5.75 Å². The molecular weight excluding hydrogens is 508 g/mol. The van der Waals surface area contributed by atoms with E-state index in [4.69, 9.17) is 18.1 Å². The molecule has 3 amide bonds. The molecule has 1 fully saturated rings. The molecule has 3 aromatic rings. The van der Waals surface area contributed by atoms with Crippen molar-refractivity contribution in [3.05, 3.63) is 35.9 Å². The Morgan fingerprint density at radius 3 is 2.67 bits per heavy atom. The van der Waals surface area contributed by atoms with Crippen LogP contribution in [0.15, 0.2) is 28.8 Å². The molecule has 0 aliphatic heterocycles. The van der Waals surface area contributed by atoms with Gasteiger partial charge >= 0.3 is 6.09 Å². The summed E-state index contributed by atoms with van der Waals surface area (Å²) in [6.45, 7) is 2.35. The Hall–Kier alpha value is -4.75. The van der Waals surface area contributed by atoms with Gasteiger partial charge in [-0.05, 0) is 45.7 Å². The van der Waals surface area contributed by atoms with Crippen LogP contribution in [0, 0.1) is 5.92 Å². The maximum absolute atomic E-state index is 12.8. The highest BCUT2D eigenvalue weighted by molar-refractivity contribution is 6.00. The third-order valence-corrected chi connectivity index (χ3v) is 5.30. The monoisotopic (exact) mass is 541 g/mol. The van der Waals surface area contributed by atoms with Crippen LogP contribution in [0.1, 0.15) is 54.1 Å². The molecule has 14 heteroatoms. The summed E-state index contributed by atoms with van der Waals surface area (Å²) < 4.78 is 38.2. The molecule has 0 unspecified atom stereocenters. The SMILES string of the molecule is [2H]C([2H])([2H])NC(=O)c1nnc(NC(=O)C2CC2)cc1Nc1cccc(-c2noc(CNC(=O)OC(C)(C)C)n2)c1OC. The number of nitrogens with zero attached hydrogens (tertiary/aromatic N) is 4. The zero-order valence-electron chi connectivity index (χ0n) is 24.7. The van der Waals surface area contributed by atoms with Crippen LogP contribution in [-0.4, -0.2) is 57.9 Å². The van der Waals surface area contributed by atoms with E-state index in [0.29, 0.717) is 11.3 Å². The average Bonchev–Trinajstić information content (AvgIpc) is 3.63. The summed E-state index contributed by atoms with van der Waals surface area (Å²) in [7, 11) is 1.41. The number of hydrogen-bond donors (Lipinski definition) is 4. The first-order valence-electron chi connectivity index (χ1n) is 13.5. The Labute approximate surface area is 228 Å². The van der Waals surface area contributed by atoms with Gasteiger partial charge in [0.2, 0.25) is 17.6 Å². The number of anilines is 3. The van der Waals surface area contributed by atoms with Crippen LogP contribution in [-0.2, 0) is 16.1 Å². The van der Waals surface area contributed by atoms with E-state index in [1.54, 1.807) is 39.0 Å². The molecule has 0 saturated heterocycles. The zero-order valence-corrected chi connectivity index (χ0v) is 21.7. The lowest BCUT2D eigenvalue weighted by atomic mass is 10.1. The van der Waals surface area contributed by atoms with E-state index in [1.807, 2.05) is 5.32 Å². The van der Waals surface area contributed by atoms with Gasteiger partial charge in [0, 0.05) is 23.1 Å². The van der Waals surface area contributed by atoms with Crippen LogP contribution in [0.4, 0.5) is 22.0 Å². The third-order valence-electron chi connectivity index (χ3n) is 5.30. The van der Waals surface area contributed by atoms with Crippen LogP contribution < -0.4 is 26.0 Å². The number of rotatable bonds is 9. The molecule has 0 radical (unpaired) electrons. The predicted octanol–water partition coefficient (Wildman–Crippen LogP) is 3.01. The van der Waals surface area contributed by atoms with Gasteiger partial charge < -0.3 is 35.3 Å². The van der Waals surface area contributed by atoms with Crippen molar-refractivity contribution in [1.82, 2.24) is 31.0 Å². The normalized spacial score (nSPS) is 14.3. The molecule has 2 heterocycles. The minimum Gasteiger partial charge on any atom is -0.494 e. The van der Waals surface area contributed by atoms with Gasteiger partial charge in [-0.2, -0.15) is 4.98 Å². The Morgan fingerprint density at radius 1 is 1.18 bits per heavy atom. The summed E-state index contributed by atoms with van der Waals surface area (Å²) in [4.78, 5) is 41.3. The summed E-state index contributed by atoms with van der Waals surface area (Å²) in [5, 5.41) is 21.8. The fourth-order valence-corrected chi connectivity index (χ4v) is 3.42. The number of carbonyl (C=O) groups is 3. The Kier molecular flexibility index (Phi) is 6.79. The van der Waals surface area contributed by atoms with Crippen molar-refractivity contribution in [3.63, 3.8) is 0 Å². The lowest BCUT2D eigenvalue weighted by Crippen LogP contribution is -2.32. The molecule has 14 nitrogen and oxygen atoms in total. The second-order valence-corrected chi connectivity index (χ2v) is 9.59. The van der Waals surface area contributed by atoms with Crippen LogP contribution in [0.25, 0.3) is 11.4 Å². The molecule has 1 aromatic carbocycles. The van der Waals surface area contributed by atoms with Crippen molar-refractivity contribution >= 4 is 35.1 Å². The zero-order chi connectivity index (χ0) is 30.7. The van der Waals surface area contributed by atoms with Crippen LogP contribution in [0.3, 0.4) is 0 Å². The Morgan fingerprint density at radius 2 is 1.97 bits per heavy atom. The number of para-hydroxylation sites is 1. The summed E-state index contributed by atoms with van der Waals surface area (Å²) >= 11 is 0. The topological polar surface area (TPSA) is 182 Å². The maximum Gasteiger partial charge on any atom is 0.408 e. The molecule has 0 bridgehead atoms. The molecular formula is C25H30N8O6. The number of nitrogens with one attached hydrogen (secondary N) is 4. The molecule has 206 valence electrons. The number of hydrogen-bond acceptors (Lipinski definition) is 11. The Bertz CT molecular complexity index is 1480. The van der Waals surface area contributed by atoms with E-state index in [1.165, 1.54) is 13.2 Å². The average molecular weight is 542 g/mol. The van der Waals surface area contributed by atoms with Gasteiger partial charge in [0.05, 0.1) is 24.0 Å². The lowest BCUT2D eigenvalue weighted by molar-refractivity contribution is -0.117. The summed E-state index contributed by atoms with van der Waals surface area (Å²) in [5.41, 5.74) is -0.246. The second kappa shape index (κ2) is 11.3. The number of benzene rings is 1. The predicted molar refractivity (Wildman–Crippen MR) is 139 cm³/mol. The summed E-state index contributed by atoms with van der Waals surface area (Å²) in [6, 6.07) is 6.31. The first-order chi connectivity index (χ1) is 19.7. The van der Waals surface area contributed by atoms with Gasteiger partial charge in [-0.3, -0.25) is 9.59 Å². The smallest absolute Gasteiger partial charge is 0.408 e. The minimum atomic E-state index is -2.78. The molecule has 4 rings (SSSR count). The van der Waals surface area contributed by atoms with Crippen molar-refractivity contribution < 1.29 is 32.5 Å². The highest BCUT2D eigenvalue weighted by Crippen LogP contribution is 2.37. The van der Waals surface area contributed by atoms with E-state index in [0.717, 1.165) is 12.8 Å². The summed E-state index contributed by atoms with van der Waals surface area (Å²) in [5.74, 6) is -0.805. The van der Waals surface area contributed by atoms with Gasteiger partial charge in [0.1, 0.15) is 12.1 Å². The van der Waals surface area contributed by atoms with E-state index in [-0.39, 0.29) is 53.0 Å². The van der Waals surface area contributed by atoms with Gasteiger partial charge in [-0.1, -0.05) is 11.2 Å². The number of alkyl carbamates (subject to hydrolysis) is 1. The van der Waals surface area contributed by atoms with Crippen molar-refractivity contribution in [2.45, 2.75) is 45.8 Å². The van der Waals surface area contributed by atoms with Gasteiger partial charge in [-0.25, -0.2) is 4.79 Å². The Balaban J connectivity index is 1.61. The first kappa shape index (κ1) is 23.4. The van der Waals surface area contributed by atoms with Crippen LogP contribution in [0.2, 0.25) is 0 Å². The van der Waals surface area contributed by atoms with E-state index >= 15 is 0 Å². The molecule has 2 aromatic heterocycles. The molecule has 1 aliphatic rings. The number of aromatic nitrogens is 4. The van der Waals surface area contributed by atoms with Crippen molar-refractivity contribution in [2.75, 3.05) is 24.7 Å². The largest absolute Gasteiger partial charge is 0.494 e. The molecule has 39 heavy (non-hydrogen) atoms. The maximum atomic E-state index is 12.8. The molecule has 1 aliphatic carbocycles. The third kappa shape index (κ3) is 6.97. The van der Waals surface area contributed by atoms with Crippen molar-refractivity contribution in [3.8, 4) is 17.1 Å². The van der Waals surface area contributed by atoms with Gasteiger partial charge in [-0.15, -0.1) is 10.2 Å². The highest BCUT2D eigenvalue weighted by Gasteiger charge is 2.30. The fraction of sp³-hybridized carbons (Fsp3) is 0.400. The molecule has 0 spiro atoms. The fourth-order valence-electron chi connectivity index (χ4n) is 3.42. The standard InChI is InChI=1S/C25H30N8O6/c1-25(2,3)38-24(36)27-12-18-30-21(33-39-18)14-7-6-8-15(20(14)37-5)28-16-11-17(29-22(34)13-9-10-13)31-32-19(16)23(35)26-4/h6-8,11,13H,9-10,12H2,1-5H3,(H,26,35)(H,27,36)(H2,28,29,31,34)/i4D3. The van der Waals surface area contributed by atoms with E-state index < -0.39 is 24.6 Å². The van der Waals surface area contributed by atoms with Gasteiger partial charge in [0.15, 0.2) is 17.3 Å². The number of ether oxygens (including phenoxy) is 2. The summed E-state index contributed by atoms with van der Waals surface area (Å²) in [6.07, 6.45) is 0.882. The molecule has 1 saturated carbocycles. The highest BCUT2D eigenvalue weighted by atomic mass is 16.6. The first-order valence-corrected chi connectivity index (χ1v) is 12.0. The van der Waals surface area contributed by atoms with E-state index in [2.05, 4.69) is 36.3 Å². The van der Waals surface area contributed by atoms with Crippen molar-refractivity contribution in [2.24, 2.45) is 5.92 Å². The quantitative estimate of drug-likeness (QED) is 0.312. The van der Waals surface area contributed by atoms with Crippen molar-refractivity contribution in [1.29, 1.82) is 0 Å². The second-order valence-electron chi connectivity index (χ2n) is 9.59. The lowest BCUT2D eigenvalue weighted by Gasteiger charge is -2.19. The molecule has 0 atom stereocenters. The number of carbonyl (C=O) groups excluding carboxylic acids is 3. The number of methoxy groups -OCH3 is 1. The van der Waals surface area contributed by atoms with Crippen LogP contribution >= 0.6 is 0 Å². The number of amides is 3.